The molecule has 5 heteroatoms. The highest BCUT2D eigenvalue weighted by Crippen LogP contribution is 2.36. The van der Waals surface area contributed by atoms with Gasteiger partial charge in [-0.3, -0.25) is 4.79 Å². The fourth-order valence-corrected chi connectivity index (χ4v) is 2.99. The number of carboxylic acid groups (broad SMARTS) is 1. The molecule has 1 heterocycles. The van der Waals surface area contributed by atoms with Gasteiger partial charge in [0.1, 0.15) is 0 Å². The van der Waals surface area contributed by atoms with Gasteiger partial charge < -0.3 is 19.6 Å². The molecule has 5 nitrogen and oxygen atoms in total. The molecule has 0 spiro atoms. The molecule has 0 unspecified atom stereocenters. The lowest BCUT2D eigenvalue weighted by Crippen LogP contribution is -2.02. The summed E-state index contributed by atoms with van der Waals surface area (Å²) in [7, 11) is 0. The molecular formula is C20H21NO4. The highest BCUT2D eigenvalue weighted by Gasteiger charge is 2.17. The smallest absolute Gasteiger partial charge is 0.307 e. The molecule has 130 valence electrons. The molecule has 2 N–H and O–H groups in total. The fraction of sp³-hybridized carbons (Fsp3) is 0.250. The topological polar surface area (TPSA) is 71.6 Å². The quantitative estimate of drug-likeness (QED) is 0.675. The second-order valence-corrected chi connectivity index (χ2v) is 5.62. The average Bonchev–Trinajstić information content (AvgIpc) is 2.95. The number of hydrogen-bond acceptors (Lipinski definition) is 3. The Labute approximate surface area is 146 Å². The largest absolute Gasteiger partial charge is 0.490 e. The van der Waals surface area contributed by atoms with Crippen molar-refractivity contribution in [3.63, 3.8) is 0 Å². The molecule has 0 saturated carbocycles. The van der Waals surface area contributed by atoms with Crippen LogP contribution in [0.1, 0.15) is 19.4 Å². The number of benzene rings is 2. The van der Waals surface area contributed by atoms with Gasteiger partial charge in [-0.15, -0.1) is 0 Å². The Hall–Kier alpha value is -2.95. The van der Waals surface area contributed by atoms with E-state index in [1.165, 1.54) is 0 Å². The lowest BCUT2D eigenvalue weighted by molar-refractivity contribution is -0.136. The summed E-state index contributed by atoms with van der Waals surface area (Å²) in [5, 5.41) is 10.2. The minimum Gasteiger partial charge on any atom is -0.490 e. The number of aliphatic carboxylic acids is 1. The number of ether oxygens (including phenoxy) is 2. The summed E-state index contributed by atoms with van der Waals surface area (Å²) in [5.74, 6) is 0.479. The number of hydrogen-bond donors (Lipinski definition) is 2. The zero-order valence-corrected chi connectivity index (χ0v) is 14.3. The summed E-state index contributed by atoms with van der Waals surface area (Å²) in [6.45, 7) is 4.92. The van der Waals surface area contributed by atoms with E-state index >= 15 is 0 Å². The summed E-state index contributed by atoms with van der Waals surface area (Å²) < 4.78 is 11.3. The third kappa shape index (κ3) is 3.45. The van der Waals surface area contributed by atoms with E-state index in [0.29, 0.717) is 24.7 Å². The van der Waals surface area contributed by atoms with Gasteiger partial charge in [0.2, 0.25) is 0 Å². The molecule has 2 aromatic carbocycles. The first-order valence-corrected chi connectivity index (χ1v) is 8.35. The van der Waals surface area contributed by atoms with Gasteiger partial charge in [0.05, 0.1) is 25.3 Å². The van der Waals surface area contributed by atoms with E-state index in [9.17, 15) is 9.90 Å². The Bertz CT molecular complexity index is 898. The molecule has 0 radical (unpaired) electrons. The van der Waals surface area contributed by atoms with E-state index in [2.05, 4.69) is 4.98 Å². The zero-order chi connectivity index (χ0) is 17.8. The van der Waals surface area contributed by atoms with Gasteiger partial charge in [-0.25, -0.2) is 0 Å². The molecule has 1 aromatic heterocycles. The Morgan fingerprint density at radius 3 is 2.48 bits per heavy atom. The van der Waals surface area contributed by atoms with Crippen LogP contribution in [0, 0.1) is 0 Å². The average molecular weight is 339 g/mol. The Kier molecular flexibility index (Phi) is 4.93. The number of carbonyl (C=O) groups is 1. The van der Waals surface area contributed by atoms with E-state index in [4.69, 9.17) is 9.47 Å². The fourth-order valence-electron chi connectivity index (χ4n) is 2.99. The summed E-state index contributed by atoms with van der Waals surface area (Å²) in [6, 6.07) is 13.4. The summed E-state index contributed by atoms with van der Waals surface area (Å²) in [4.78, 5) is 14.7. The molecule has 0 aliphatic rings. The standard InChI is InChI=1S/C20H21NO4/c1-3-24-17-10-9-13(11-18(17)25-4-2)20-15(12-19(22)23)14-7-5-6-8-16(14)21-20/h5-11,21H,3-4,12H2,1-2H3,(H,22,23). The summed E-state index contributed by atoms with van der Waals surface area (Å²) in [5.41, 5.74) is 3.36. The van der Waals surface area contributed by atoms with Crippen molar-refractivity contribution in [1.82, 2.24) is 4.98 Å². The first-order chi connectivity index (χ1) is 12.1. The van der Waals surface area contributed by atoms with Gasteiger partial charge in [-0.2, -0.15) is 0 Å². The van der Waals surface area contributed by atoms with Crippen molar-refractivity contribution in [3.8, 4) is 22.8 Å². The van der Waals surface area contributed by atoms with Crippen molar-refractivity contribution >= 4 is 16.9 Å². The SMILES string of the molecule is CCOc1ccc(-c2[nH]c3ccccc3c2CC(=O)O)cc1OCC. The van der Waals surface area contributed by atoms with Crippen LogP contribution in [0.3, 0.4) is 0 Å². The summed E-state index contributed by atoms with van der Waals surface area (Å²) in [6.07, 6.45) is -0.0451. The first kappa shape index (κ1) is 16.9. The zero-order valence-electron chi connectivity index (χ0n) is 14.3. The molecule has 0 atom stereocenters. The van der Waals surface area contributed by atoms with Crippen molar-refractivity contribution in [2.75, 3.05) is 13.2 Å². The van der Waals surface area contributed by atoms with Crippen LogP contribution in [0.4, 0.5) is 0 Å². The van der Waals surface area contributed by atoms with Crippen molar-refractivity contribution in [3.05, 3.63) is 48.0 Å². The van der Waals surface area contributed by atoms with Gasteiger partial charge in [-0.05, 0) is 43.7 Å². The van der Waals surface area contributed by atoms with Crippen LogP contribution in [-0.4, -0.2) is 29.3 Å². The molecule has 25 heavy (non-hydrogen) atoms. The second-order valence-electron chi connectivity index (χ2n) is 5.62. The lowest BCUT2D eigenvalue weighted by Gasteiger charge is -2.12. The van der Waals surface area contributed by atoms with E-state index in [1.807, 2.05) is 56.3 Å². The van der Waals surface area contributed by atoms with Gasteiger partial charge in [-0.1, -0.05) is 18.2 Å². The number of nitrogens with one attached hydrogen (secondary N) is 1. The van der Waals surface area contributed by atoms with Crippen molar-refractivity contribution in [1.29, 1.82) is 0 Å². The normalized spacial score (nSPS) is 10.8. The van der Waals surface area contributed by atoms with Gasteiger partial charge in [0, 0.05) is 16.5 Å². The monoisotopic (exact) mass is 339 g/mol. The molecular weight excluding hydrogens is 318 g/mol. The van der Waals surface area contributed by atoms with E-state index in [0.717, 1.165) is 27.7 Å². The van der Waals surface area contributed by atoms with Gasteiger partial charge >= 0.3 is 5.97 Å². The maximum absolute atomic E-state index is 11.3. The molecule has 0 aliphatic heterocycles. The minimum absolute atomic E-state index is 0.0451. The highest BCUT2D eigenvalue weighted by molar-refractivity contribution is 5.94. The summed E-state index contributed by atoms with van der Waals surface area (Å²) >= 11 is 0. The van der Waals surface area contributed by atoms with Crippen LogP contribution < -0.4 is 9.47 Å². The number of fused-ring (bicyclic) bond motifs is 1. The van der Waals surface area contributed by atoms with Crippen LogP contribution >= 0.6 is 0 Å². The molecule has 3 rings (SSSR count). The predicted molar refractivity (Wildman–Crippen MR) is 97.4 cm³/mol. The maximum atomic E-state index is 11.3. The van der Waals surface area contributed by atoms with Crippen LogP contribution in [0.25, 0.3) is 22.2 Å². The third-order valence-corrected chi connectivity index (χ3v) is 3.97. The van der Waals surface area contributed by atoms with E-state index in [-0.39, 0.29) is 6.42 Å². The van der Waals surface area contributed by atoms with Crippen molar-refractivity contribution in [2.45, 2.75) is 20.3 Å². The Morgan fingerprint density at radius 1 is 1.04 bits per heavy atom. The van der Waals surface area contributed by atoms with Gasteiger partial charge in [0.25, 0.3) is 0 Å². The highest BCUT2D eigenvalue weighted by atomic mass is 16.5. The Morgan fingerprint density at radius 2 is 1.76 bits per heavy atom. The van der Waals surface area contributed by atoms with Crippen LogP contribution in [-0.2, 0) is 11.2 Å². The number of H-pyrrole nitrogens is 1. The number of carboxylic acids is 1. The van der Waals surface area contributed by atoms with Crippen LogP contribution in [0.2, 0.25) is 0 Å². The van der Waals surface area contributed by atoms with E-state index < -0.39 is 5.97 Å². The van der Waals surface area contributed by atoms with Crippen LogP contribution in [0.5, 0.6) is 11.5 Å². The van der Waals surface area contributed by atoms with Crippen molar-refractivity contribution < 1.29 is 19.4 Å². The molecule has 0 saturated heterocycles. The predicted octanol–water partition coefficient (Wildman–Crippen LogP) is 4.26. The number of aromatic nitrogens is 1. The molecule has 0 amide bonds. The molecule has 0 bridgehead atoms. The maximum Gasteiger partial charge on any atom is 0.307 e. The van der Waals surface area contributed by atoms with Crippen LogP contribution in [0.15, 0.2) is 42.5 Å². The lowest BCUT2D eigenvalue weighted by atomic mass is 10.0. The van der Waals surface area contributed by atoms with Crippen molar-refractivity contribution in [2.24, 2.45) is 0 Å². The number of para-hydroxylation sites is 1. The third-order valence-electron chi connectivity index (χ3n) is 3.97. The molecule has 0 fully saturated rings. The molecule has 0 aliphatic carbocycles. The number of rotatable bonds is 7. The first-order valence-electron chi connectivity index (χ1n) is 8.35. The van der Waals surface area contributed by atoms with Gasteiger partial charge in [0.15, 0.2) is 11.5 Å². The second kappa shape index (κ2) is 7.30. The molecule has 3 aromatic rings. The number of aromatic amines is 1. The minimum atomic E-state index is -0.859. The van der Waals surface area contributed by atoms with E-state index in [1.54, 1.807) is 0 Å². The Balaban J connectivity index is 2.15.